The lowest BCUT2D eigenvalue weighted by Crippen LogP contribution is -2.10. The molecule has 0 amide bonds. The van der Waals surface area contributed by atoms with Gasteiger partial charge in [0.15, 0.2) is 5.69 Å². The van der Waals surface area contributed by atoms with Crippen molar-refractivity contribution in [2.45, 2.75) is 0 Å². The first-order valence-corrected chi connectivity index (χ1v) is 8.22. The number of fused-ring (bicyclic) bond motifs is 3. The Hall–Kier alpha value is -2.66. The Kier molecular flexibility index (Phi) is 3.58. The van der Waals surface area contributed by atoms with Crippen LogP contribution in [0, 0.1) is 0 Å². The quantitative estimate of drug-likeness (QED) is 0.472. The predicted octanol–water partition coefficient (Wildman–Crippen LogP) is 4.73. The number of pyridine rings is 1. The van der Waals surface area contributed by atoms with Gasteiger partial charge in [-0.3, -0.25) is 0 Å². The Morgan fingerprint density at radius 2 is 1.83 bits per heavy atom. The van der Waals surface area contributed by atoms with Crippen molar-refractivity contribution in [2.75, 3.05) is 7.11 Å². The summed E-state index contributed by atoms with van der Waals surface area (Å²) in [7, 11) is 1.36. The topological polar surface area (TPSA) is 44.1 Å². The molecule has 0 radical (unpaired) electrons. The second kappa shape index (κ2) is 5.76. The summed E-state index contributed by atoms with van der Waals surface area (Å²) in [5.74, 6) is -0.450. The Morgan fingerprint density at radius 1 is 1.04 bits per heavy atom. The molecule has 24 heavy (non-hydrogen) atoms. The summed E-state index contributed by atoms with van der Waals surface area (Å²) in [5, 5.41) is 2.23. The van der Waals surface area contributed by atoms with Gasteiger partial charge in [0.05, 0.1) is 23.8 Å². The van der Waals surface area contributed by atoms with Gasteiger partial charge < -0.3 is 9.30 Å². The van der Waals surface area contributed by atoms with Gasteiger partial charge in [-0.2, -0.15) is 0 Å². The molecule has 0 spiro atoms. The van der Waals surface area contributed by atoms with E-state index in [0.29, 0.717) is 11.4 Å². The summed E-state index contributed by atoms with van der Waals surface area (Å²) in [6.45, 7) is 0. The number of nitrogens with zero attached hydrogens (tertiary/aromatic N) is 2. The minimum absolute atomic E-state index is 0.297. The lowest BCUT2D eigenvalue weighted by atomic mass is 10.2. The van der Waals surface area contributed by atoms with Crippen LogP contribution in [0.3, 0.4) is 0 Å². The summed E-state index contributed by atoms with van der Waals surface area (Å²) in [6, 6.07) is 17.9. The number of esters is 1. The van der Waals surface area contributed by atoms with Gasteiger partial charge in [-0.05, 0) is 36.4 Å². The molecule has 2 aromatic heterocycles. The van der Waals surface area contributed by atoms with E-state index in [0.717, 1.165) is 26.3 Å². The molecule has 0 atom stereocenters. The van der Waals surface area contributed by atoms with Crippen molar-refractivity contribution in [3.05, 3.63) is 71.0 Å². The second-order valence-corrected chi connectivity index (χ2v) is 6.29. The van der Waals surface area contributed by atoms with Gasteiger partial charge in [-0.15, -0.1) is 0 Å². The number of carbonyl (C=O) groups excluding carboxylic acids is 1. The number of methoxy groups -OCH3 is 1. The molecular formula is C19H13BrN2O2. The monoisotopic (exact) mass is 380 g/mol. The van der Waals surface area contributed by atoms with Crippen LogP contribution in [0.4, 0.5) is 0 Å². The van der Waals surface area contributed by atoms with E-state index < -0.39 is 5.97 Å². The highest BCUT2D eigenvalue weighted by Gasteiger charge is 2.19. The average molecular weight is 381 g/mol. The molecule has 5 heteroatoms. The predicted molar refractivity (Wildman–Crippen MR) is 97.6 cm³/mol. The Balaban J connectivity index is 2.16. The fourth-order valence-corrected chi connectivity index (χ4v) is 3.40. The lowest BCUT2D eigenvalue weighted by molar-refractivity contribution is 0.0594. The van der Waals surface area contributed by atoms with Gasteiger partial charge in [0.1, 0.15) is 0 Å². The number of hydrogen-bond acceptors (Lipinski definition) is 3. The SMILES string of the molecule is COC(=O)c1ncccc1-n1c2ccccc2c2cc(Br)ccc21. The molecule has 4 nitrogen and oxygen atoms in total. The third-order valence-electron chi connectivity index (χ3n) is 4.04. The first-order valence-electron chi connectivity index (χ1n) is 7.43. The third kappa shape index (κ3) is 2.20. The number of ether oxygens (including phenoxy) is 1. The summed E-state index contributed by atoms with van der Waals surface area (Å²) in [5.41, 5.74) is 3.03. The zero-order valence-electron chi connectivity index (χ0n) is 12.9. The fourth-order valence-electron chi connectivity index (χ4n) is 3.04. The molecule has 4 rings (SSSR count). The van der Waals surface area contributed by atoms with E-state index in [-0.39, 0.29) is 0 Å². The lowest BCUT2D eigenvalue weighted by Gasteiger charge is -2.11. The molecule has 0 aliphatic heterocycles. The molecule has 118 valence electrons. The summed E-state index contributed by atoms with van der Waals surface area (Å²) in [4.78, 5) is 16.4. The van der Waals surface area contributed by atoms with Gasteiger partial charge in [0.25, 0.3) is 0 Å². The highest BCUT2D eigenvalue weighted by atomic mass is 79.9. The highest BCUT2D eigenvalue weighted by Crippen LogP contribution is 2.34. The summed E-state index contributed by atoms with van der Waals surface area (Å²) >= 11 is 3.54. The molecule has 0 aliphatic rings. The van der Waals surface area contributed by atoms with Crippen LogP contribution in [0.15, 0.2) is 65.3 Å². The molecule has 0 fully saturated rings. The minimum atomic E-state index is -0.450. The van der Waals surface area contributed by atoms with Crippen molar-refractivity contribution >= 4 is 43.7 Å². The van der Waals surface area contributed by atoms with E-state index in [1.165, 1.54) is 7.11 Å². The van der Waals surface area contributed by atoms with Crippen LogP contribution in [0.25, 0.3) is 27.5 Å². The second-order valence-electron chi connectivity index (χ2n) is 5.38. The largest absolute Gasteiger partial charge is 0.464 e. The zero-order chi connectivity index (χ0) is 16.7. The Labute approximate surface area is 146 Å². The van der Waals surface area contributed by atoms with Gasteiger partial charge in [0.2, 0.25) is 0 Å². The van der Waals surface area contributed by atoms with Crippen molar-refractivity contribution in [1.82, 2.24) is 9.55 Å². The maximum Gasteiger partial charge on any atom is 0.358 e. The fraction of sp³-hybridized carbons (Fsp3) is 0.0526. The average Bonchev–Trinajstić information content (AvgIpc) is 2.94. The minimum Gasteiger partial charge on any atom is -0.464 e. The van der Waals surface area contributed by atoms with Crippen LogP contribution in [0.5, 0.6) is 0 Å². The van der Waals surface area contributed by atoms with E-state index in [1.54, 1.807) is 6.20 Å². The molecule has 0 saturated heterocycles. The Morgan fingerprint density at radius 3 is 2.67 bits per heavy atom. The van der Waals surface area contributed by atoms with Crippen LogP contribution in [-0.4, -0.2) is 22.6 Å². The van der Waals surface area contributed by atoms with Crippen molar-refractivity contribution in [2.24, 2.45) is 0 Å². The van der Waals surface area contributed by atoms with Crippen molar-refractivity contribution in [3.63, 3.8) is 0 Å². The van der Waals surface area contributed by atoms with E-state index in [4.69, 9.17) is 4.74 Å². The van der Waals surface area contributed by atoms with Gasteiger partial charge >= 0.3 is 5.97 Å². The van der Waals surface area contributed by atoms with Gasteiger partial charge in [-0.25, -0.2) is 9.78 Å². The van der Waals surface area contributed by atoms with Gasteiger partial charge in [-0.1, -0.05) is 34.1 Å². The van der Waals surface area contributed by atoms with E-state index >= 15 is 0 Å². The van der Waals surface area contributed by atoms with E-state index in [1.807, 2.05) is 42.5 Å². The number of rotatable bonds is 2. The number of halogens is 1. The number of carbonyl (C=O) groups is 1. The van der Waals surface area contributed by atoms with Crippen LogP contribution in [-0.2, 0) is 4.74 Å². The molecule has 0 unspecified atom stereocenters. The number of aromatic nitrogens is 2. The van der Waals surface area contributed by atoms with Crippen molar-refractivity contribution < 1.29 is 9.53 Å². The Bertz CT molecular complexity index is 1090. The molecule has 0 aliphatic carbocycles. The number of para-hydroxylation sites is 1. The van der Waals surface area contributed by atoms with Crippen LogP contribution in [0.1, 0.15) is 10.5 Å². The zero-order valence-corrected chi connectivity index (χ0v) is 14.4. The molecule has 2 aromatic carbocycles. The molecule has 0 bridgehead atoms. The maximum absolute atomic E-state index is 12.2. The smallest absolute Gasteiger partial charge is 0.358 e. The number of benzene rings is 2. The molecule has 0 saturated carbocycles. The van der Waals surface area contributed by atoms with E-state index in [2.05, 4.69) is 37.6 Å². The first-order chi connectivity index (χ1) is 11.7. The first kappa shape index (κ1) is 14.9. The molecule has 4 aromatic rings. The molecule has 2 heterocycles. The van der Waals surface area contributed by atoms with E-state index in [9.17, 15) is 4.79 Å². The van der Waals surface area contributed by atoms with Crippen molar-refractivity contribution in [1.29, 1.82) is 0 Å². The maximum atomic E-state index is 12.2. The highest BCUT2D eigenvalue weighted by molar-refractivity contribution is 9.10. The molecule has 0 N–H and O–H groups in total. The summed E-state index contributed by atoms with van der Waals surface area (Å²) in [6.07, 6.45) is 1.60. The standard InChI is InChI=1S/C19H13BrN2O2/c1-24-19(23)18-17(7-4-10-21-18)22-15-6-3-2-5-13(15)14-11-12(20)8-9-16(14)22/h2-11H,1H3. The van der Waals surface area contributed by atoms with Crippen LogP contribution in [0.2, 0.25) is 0 Å². The third-order valence-corrected chi connectivity index (χ3v) is 4.53. The molecular weight excluding hydrogens is 368 g/mol. The van der Waals surface area contributed by atoms with Crippen LogP contribution < -0.4 is 0 Å². The van der Waals surface area contributed by atoms with Gasteiger partial charge in [0, 0.05) is 21.4 Å². The normalized spacial score (nSPS) is 11.1. The van der Waals surface area contributed by atoms with Crippen LogP contribution >= 0.6 is 15.9 Å². The number of hydrogen-bond donors (Lipinski definition) is 0. The van der Waals surface area contributed by atoms with Crippen molar-refractivity contribution in [3.8, 4) is 5.69 Å². The summed E-state index contributed by atoms with van der Waals surface area (Å²) < 4.78 is 7.96.